The van der Waals surface area contributed by atoms with Gasteiger partial charge in [-0.15, -0.1) is 11.3 Å². The minimum absolute atomic E-state index is 0.191. The molecule has 2 aromatic rings. The number of rotatable bonds is 9. The van der Waals surface area contributed by atoms with E-state index in [2.05, 4.69) is 10.6 Å². The molecule has 1 aliphatic heterocycles. The number of primary amides is 1. The molecule has 0 spiro atoms. The maximum Gasteiger partial charge on any atom is 0.325 e. The number of nitrogens with zero attached hydrogens (tertiary/aromatic N) is 2. The smallest absolute Gasteiger partial charge is 0.325 e. The van der Waals surface area contributed by atoms with Gasteiger partial charge in [0, 0.05) is 17.0 Å². The van der Waals surface area contributed by atoms with Crippen LogP contribution in [-0.2, 0) is 26.5 Å². The Kier molecular flexibility index (Phi) is 7.12. The summed E-state index contributed by atoms with van der Waals surface area (Å²) in [7, 11) is 0. The van der Waals surface area contributed by atoms with Crippen LogP contribution < -0.4 is 16.4 Å². The van der Waals surface area contributed by atoms with Gasteiger partial charge in [-0.3, -0.25) is 24.1 Å². The molecule has 2 heterocycles. The number of hydrogen-bond donors (Lipinski definition) is 3. The van der Waals surface area contributed by atoms with Crippen LogP contribution in [0.1, 0.15) is 34.6 Å². The molecule has 10 nitrogen and oxygen atoms in total. The highest BCUT2D eigenvalue weighted by Crippen LogP contribution is 2.29. The summed E-state index contributed by atoms with van der Waals surface area (Å²) < 4.78 is 0. The van der Waals surface area contributed by atoms with Gasteiger partial charge in [0.15, 0.2) is 0 Å². The topological polar surface area (TPSA) is 142 Å². The van der Waals surface area contributed by atoms with Crippen molar-refractivity contribution >= 4 is 41.0 Å². The maximum atomic E-state index is 13.1. The van der Waals surface area contributed by atoms with Crippen molar-refractivity contribution in [3.8, 4) is 0 Å². The lowest BCUT2D eigenvalue weighted by Crippen LogP contribution is -2.47. The first kappa shape index (κ1) is 23.9. The fraction of sp³-hybridized carbons (Fsp3) is 0.318. The van der Waals surface area contributed by atoms with Crippen LogP contribution in [0, 0.1) is 0 Å². The molecule has 1 aromatic carbocycles. The first-order valence-corrected chi connectivity index (χ1v) is 11.1. The second-order valence-corrected chi connectivity index (χ2v) is 8.69. The standard InChI is InChI=1S/C22H25N5O5S/c1-3-26(12-17(28)24-11-16-8-5-9-33-16)18(29)13-27-20(31)22(2,25-21(27)32)15-7-4-6-14(10-15)19(23)30/h4-10H,3,11-13H2,1-2H3,(H2,23,30)(H,24,28)(H,25,32). The molecule has 3 rings (SSSR count). The average Bonchev–Trinajstić information content (AvgIpc) is 3.39. The number of benzene rings is 1. The summed E-state index contributed by atoms with van der Waals surface area (Å²) in [6.45, 7) is 3.08. The molecule has 0 aliphatic carbocycles. The minimum atomic E-state index is -1.46. The van der Waals surface area contributed by atoms with E-state index in [0.29, 0.717) is 12.1 Å². The quantitative estimate of drug-likeness (QED) is 0.463. The molecular formula is C22H25N5O5S. The van der Waals surface area contributed by atoms with Gasteiger partial charge in [-0.2, -0.15) is 0 Å². The van der Waals surface area contributed by atoms with Crippen molar-refractivity contribution in [1.82, 2.24) is 20.4 Å². The van der Waals surface area contributed by atoms with Crippen LogP contribution in [0.3, 0.4) is 0 Å². The monoisotopic (exact) mass is 471 g/mol. The second-order valence-electron chi connectivity index (χ2n) is 7.66. The van der Waals surface area contributed by atoms with Crippen molar-refractivity contribution < 1.29 is 24.0 Å². The Balaban J connectivity index is 1.66. The molecule has 0 bridgehead atoms. The SMILES string of the molecule is CCN(CC(=O)NCc1cccs1)C(=O)CN1C(=O)NC(C)(c2cccc(C(N)=O)c2)C1=O. The number of urea groups is 1. The number of carbonyl (C=O) groups is 5. The summed E-state index contributed by atoms with van der Waals surface area (Å²) >= 11 is 1.51. The number of carbonyl (C=O) groups excluding carboxylic acids is 5. The summed E-state index contributed by atoms with van der Waals surface area (Å²) in [6.07, 6.45) is 0. The Morgan fingerprint density at radius 1 is 1.21 bits per heavy atom. The molecule has 1 unspecified atom stereocenters. The van der Waals surface area contributed by atoms with E-state index in [1.807, 2.05) is 17.5 Å². The number of amides is 6. The van der Waals surface area contributed by atoms with Gasteiger partial charge in [-0.05, 0) is 43.0 Å². The molecule has 1 fully saturated rings. The third-order valence-corrected chi connectivity index (χ3v) is 6.28. The highest BCUT2D eigenvalue weighted by atomic mass is 32.1. The lowest BCUT2D eigenvalue weighted by molar-refractivity contribution is -0.140. The van der Waals surface area contributed by atoms with Crippen LogP contribution in [0.4, 0.5) is 4.79 Å². The van der Waals surface area contributed by atoms with Gasteiger partial charge in [0.05, 0.1) is 13.1 Å². The van der Waals surface area contributed by atoms with Gasteiger partial charge in [-0.25, -0.2) is 4.79 Å². The number of likely N-dealkylation sites (N-methyl/N-ethyl adjacent to an activating group) is 1. The fourth-order valence-corrected chi connectivity index (χ4v) is 4.10. The van der Waals surface area contributed by atoms with Gasteiger partial charge in [0.2, 0.25) is 17.7 Å². The molecule has 174 valence electrons. The van der Waals surface area contributed by atoms with Gasteiger partial charge in [0.25, 0.3) is 5.91 Å². The molecular weight excluding hydrogens is 446 g/mol. The number of hydrogen-bond acceptors (Lipinski definition) is 6. The maximum absolute atomic E-state index is 13.1. The highest BCUT2D eigenvalue weighted by Gasteiger charge is 2.49. The van der Waals surface area contributed by atoms with Crippen molar-refractivity contribution in [3.63, 3.8) is 0 Å². The zero-order valence-electron chi connectivity index (χ0n) is 18.3. The number of imide groups is 1. The normalized spacial score (nSPS) is 17.6. The van der Waals surface area contributed by atoms with E-state index < -0.39 is 35.8 Å². The van der Waals surface area contributed by atoms with Crippen LogP contribution in [0.5, 0.6) is 0 Å². The summed E-state index contributed by atoms with van der Waals surface area (Å²) in [5.41, 5.74) is 4.41. The third kappa shape index (κ3) is 5.20. The van der Waals surface area contributed by atoms with Crippen molar-refractivity contribution in [2.24, 2.45) is 5.73 Å². The number of nitrogens with one attached hydrogen (secondary N) is 2. The first-order chi connectivity index (χ1) is 15.7. The van der Waals surface area contributed by atoms with Crippen LogP contribution in [0.25, 0.3) is 0 Å². The van der Waals surface area contributed by atoms with Gasteiger partial charge >= 0.3 is 6.03 Å². The Labute approximate surface area is 194 Å². The lowest BCUT2D eigenvalue weighted by atomic mass is 9.90. The van der Waals surface area contributed by atoms with Crippen molar-refractivity contribution in [2.45, 2.75) is 25.9 Å². The zero-order chi connectivity index (χ0) is 24.2. The highest BCUT2D eigenvalue weighted by molar-refractivity contribution is 7.09. The van der Waals surface area contributed by atoms with Crippen molar-refractivity contribution in [1.29, 1.82) is 0 Å². The number of nitrogens with two attached hydrogens (primary N) is 1. The van der Waals surface area contributed by atoms with E-state index in [1.165, 1.54) is 35.3 Å². The summed E-state index contributed by atoms with van der Waals surface area (Å²) in [5.74, 6) is -2.19. The Bertz CT molecular complexity index is 1090. The molecule has 1 aliphatic rings. The van der Waals surface area contributed by atoms with Gasteiger partial charge in [-0.1, -0.05) is 18.2 Å². The Morgan fingerprint density at radius 2 is 1.97 bits per heavy atom. The van der Waals surface area contributed by atoms with Gasteiger partial charge < -0.3 is 21.3 Å². The van der Waals surface area contributed by atoms with Crippen LogP contribution >= 0.6 is 11.3 Å². The molecule has 1 atom stereocenters. The predicted octanol–water partition coefficient (Wildman–Crippen LogP) is 0.779. The van der Waals surface area contributed by atoms with E-state index in [4.69, 9.17) is 5.73 Å². The molecule has 0 radical (unpaired) electrons. The molecule has 11 heteroatoms. The van der Waals surface area contributed by atoms with Gasteiger partial charge in [0.1, 0.15) is 12.1 Å². The van der Waals surface area contributed by atoms with E-state index in [-0.39, 0.29) is 24.6 Å². The van der Waals surface area contributed by atoms with E-state index in [1.54, 1.807) is 19.1 Å². The number of thiophene rings is 1. The zero-order valence-corrected chi connectivity index (χ0v) is 19.1. The molecule has 6 amide bonds. The molecule has 1 aromatic heterocycles. The fourth-order valence-electron chi connectivity index (χ4n) is 3.46. The molecule has 0 saturated carbocycles. The Hall–Kier alpha value is -3.73. The third-order valence-electron chi connectivity index (χ3n) is 5.40. The summed E-state index contributed by atoms with van der Waals surface area (Å²) in [6, 6.07) is 9.11. The largest absolute Gasteiger partial charge is 0.366 e. The van der Waals surface area contributed by atoms with Crippen LogP contribution in [0.15, 0.2) is 41.8 Å². The predicted molar refractivity (Wildman–Crippen MR) is 121 cm³/mol. The summed E-state index contributed by atoms with van der Waals surface area (Å²) in [5, 5.41) is 7.24. The van der Waals surface area contributed by atoms with E-state index in [9.17, 15) is 24.0 Å². The van der Waals surface area contributed by atoms with Crippen LogP contribution in [-0.4, -0.2) is 59.1 Å². The molecule has 33 heavy (non-hydrogen) atoms. The lowest BCUT2D eigenvalue weighted by Gasteiger charge is -2.24. The summed E-state index contributed by atoms with van der Waals surface area (Å²) in [4.78, 5) is 65.3. The average molecular weight is 472 g/mol. The van der Waals surface area contributed by atoms with E-state index in [0.717, 1.165) is 9.78 Å². The van der Waals surface area contributed by atoms with Crippen LogP contribution in [0.2, 0.25) is 0 Å². The second kappa shape index (κ2) is 9.82. The van der Waals surface area contributed by atoms with E-state index >= 15 is 0 Å². The first-order valence-electron chi connectivity index (χ1n) is 10.3. The molecule has 1 saturated heterocycles. The van der Waals surface area contributed by atoms with Crippen molar-refractivity contribution in [3.05, 3.63) is 57.8 Å². The minimum Gasteiger partial charge on any atom is -0.366 e. The Morgan fingerprint density at radius 3 is 2.61 bits per heavy atom. The van der Waals surface area contributed by atoms with Crippen molar-refractivity contribution in [2.75, 3.05) is 19.6 Å². The molecule has 4 N–H and O–H groups in total.